The van der Waals surface area contributed by atoms with Gasteiger partial charge in [0.25, 0.3) is 23.2 Å². The highest BCUT2D eigenvalue weighted by atomic mass is 16.6. The van der Waals surface area contributed by atoms with Crippen LogP contribution in [-0.4, -0.2) is 33.2 Å². The number of fused-ring (bicyclic) bond motifs is 8. The number of hydrogen-bond donors (Lipinski definition) is 2. The lowest BCUT2D eigenvalue weighted by Crippen LogP contribution is -2.23. The third kappa shape index (κ3) is 5.12. The number of hydrogen-bond acceptors (Lipinski definition) is 10. The van der Waals surface area contributed by atoms with E-state index in [9.17, 15) is 39.4 Å². The van der Waals surface area contributed by atoms with Gasteiger partial charge in [-0.05, 0) is 72.8 Å². The molecule has 2 N–H and O–H groups in total. The molecule has 2 amide bonds. The smallest absolute Gasteiger partial charge is 0.273 e. The van der Waals surface area contributed by atoms with E-state index in [2.05, 4.69) is 10.6 Å². The Morgan fingerprint density at radius 2 is 0.833 bits per heavy atom. The molecule has 1 aliphatic rings. The van der Waals surface area contributed by atoms with Gasteiger partial charge in [-0.3, -0.25) is 39.4 Å². The summed E-state index contributed by atoms with van der Waals surface area (Å²) in [6, 6.07) is 26.9. The molecule has 0 saturated carbocycles. The minimum atomic E-state index is -0.567. The number of carbonyl (C=O) groups is 4. The molecule has 0 fully saturated rings. The normalized spacial score (nSPS) is 12.2. The Hall–Kier alpha value is -8.00. The van der Waals surface area contributed by atoms with Gasteiger partial charge in [-0.2, -0.15) is 0 Å². The first-order chi connectivity index (χ1) is 26.0. The van der Waals surface area contributed by atoms with Crippen molar-refractivity contribution in [1.82, 2.24) is 0 Å². The zero-order valence-corrected chi connectivity index (χ0v) is 27.4. The van der Waals surface area contributed by atoms with E-state index in [1.165, 1.54) is 60.7 Å². The Balaban J connectivity index is 0.955. The van der Waals surface area contributed by atoms with Crippen LogP contribution >= 0.6 is 0 Å². The average Bonchev–Trinajstić information content (AvgIpc) is 3.72. The fraction of sp³-hybridized carbons (Fsp3) is 0. The first-order valence-electron chi connectivity index (χ1n) is 16.2. The van der Waals surface area contributed by atoms with Gasteiger partial charge < -0.3 is 19.5 Å². The van der Waals surface area contributed by atoms with Gasteiger partial charge in [-0.15, -0.1) is 0 Å². The number of nitrogens with one attached hydrogen (secondary N) is 2. The maximum atomic E-state index is 13.8. The highest BCUT2D eigenvalue weighted by Crippen LogP contribution is 2.35. The Bertz CT molecular complexity index is 2850. The summed E-state index contributed by atoms with van der Waals surface area (Å²) in [7, 11) is 0. The summed E-state index contributed by atoms with van der Waals surface area (Å²) in [5.41, 5.74) is 2.37. The lowest BCUT2D eigenvalue weighted by atomic mass is 9.82. The number of nitrogens with zero attached hydrogens (tertiary/aromatic N) is 2. The SMILES string of the molecule is O=C(Nc1ccc2c(c1)oc1cc([N+](=O)[O-])ccc12)c1ccc2c(c1)C(=O)c1cc(C(=O)Nc3ccc4c(c3)oc3cc([N+](=O)[O-])ccc34)ccc1C2=O. The van der Waals surface area contributed by atoms with E-state index in [1.807, 2.05) is 0 Å². The van der Waals surface area contributed by atoms with Crippen molar-refractivity contribution in [2.45, 2.75) is 0 Å². The van der Waals surface area contributed by atoms with Crippen molar-refractivity contribution in [3.05, 3.63) is 163 Å². The number of rotatable bonds is 6. The fourth-order valence-corrected chi connectivity index (χ4v) is 6.75. The molecule has 1 aliphatic carbocycles. The summed E-state index contributed by atoms with van der Waals surface area (Å²) >= 11 is 0. The van der Waals surface area contributed by atoms with E-state index in [0.29, 0.717) is 55.3 Å². The molecule has 0 aliphatic heterocycles. The predicted octanol–water partition coefficient (Wildman–Crippen LogP) is 8.58. The van der Waals surface area contributed by atoms with Crippen molar-refractivity contribution < 1.29 is 37.9 Å². The molecule has 260 valence electrons. The number of furan rings is 2. The standard InChI is InChI=1S/C40H20N4O10/c45-37-29-7-1-19(39(47)41-21-3-9-25-27-11-5-23(43(49)50)17-35(27)53-33(25)15-21)13-31(29)38(46)32-14-20(2-8-30(32)37)40(48)42-22-4-10-26-28-12-6-24(44(51)52)18-36(28)54-34(26)16-22/h1-18H,(H,41,47)(H,42,48). The molecule has 8 aromatic rings. The number of benzene rings is 6. The van der Waals surface area contributed by atoms with Gasteiger partial charge in [-0.25, -0.2) is 0 Å². The molecule has 2 heterocycles. The molecule has 0 atom stereocenters. The van der Waals surface area contributed by atoms with Gasteiger partial charge in [0.05, 0.1) is 22.0 Å². The van der Waals surface area contributed by atoms with E-state index >= 15 is 0 Å². The van der Waals surface area contributed by atoms with Gasteiger partial charge in [-0.1, -0.05) is 0 Å². The Morgan fingerprint density at radius 3 is 1.24 bits per heavy atom. The van der Waals surface area contributed by atoms with Gasteiger partial charge in [0.15, 0.2) is 11.6 Å². The molecule has 2 aromatic heterocycles. The molecule has 0 saturated heterocycles. The highest BCUT2D eigenvalue weighted by molar-refractivity contribution is 6.29. The first kappa shape index (κ1) is 31.9. The maximum absolute atomic E-state index is 13.8. The lowest BCUT2D eigenvalue weighted by molar-refractivity contribution is -0.384. The van der Waals surface area contributed by atoms with Gasteiger partial charge >= 0.3 is 0 Å². The van der Waals surface area contributed by atoms with Crippen LogP contribution in [0.3, 0.4) is 0 Å². The number of non-ortho nitro benzene ring substituents is 2. The molecule has 6 aromatic carbocycles. The second-order valence-electron chi connectivity index (χ2n) is 12.6. The Kier molecular flexibility index (Phi) is 6.97. The molecule has 14 nitrogen and oxygen atoms in total. The molecule has 0 bridgehead atoms. The minimum Gasteiger partial charge on any atom is -0.456 e. The van der Waals surface area contributed by atoms with Crippen LogP contribution in [0, 0.1) is 20.2 Å². The number of ketones is 2. The summed E-state index contributed by atoms with van der Waals surface area (Å²) < 4.78 is 11.6. The van der Waals surface area contributed by atoms with Crippen molar-refractivity contribution in [2.24, 2.45) is 0 Å². The van der Waals surface area contributed by atoms with E-state index in [4.69, 9.17) is 8.83 Å². The van der Waals surface area contributed by atoms with Crippen LogP contribution < -0.4 is 10.6 Å². The molecule has 9 rings (SSSR count). The zero-order chi connectivity index (χ0) is 37.4. The van der Waals surface area contributed by atoms with Crippen LogP contribution in [0.5, 0.6) is 0 Å². The Labute approximate surface area is 300 Å². The van der Waals surface area contributed by atoms with E-state index in [0.717, 1.165) is 0 Å². The van der Waals surface area contributed by atoms with Gasteiger partial charge in [0, 0.05) is 90.6 Å². The summed E-state index contributed by atoms with van der Waals surface area (Å²) in [6.07, 6.45) is 0. The lowest BCUT2D eigenvalue weighted by Gasteiger charge is -2.19. The number of carbonyl (C=O) groups excluding carboxylic acids is 4. The van der Waals surface area contributed by atoms with Crippen LogP contribution in [0.4, 0.5) is 22.7 Å². The topological polar surface area (TPSA) is 205 Å². The summed E-state index contributed by atoms with van der Waals surface area (Å²) in [5.74, 6) is -2.12. The van der Waals surface area contributed by atoms with Crippen LogP contribution in [0.25, 0.3) is 43.9 Å². The van der Waals surface area contributed by atoms with Crippen LogP contribution in [0.1, 0.15) is 52.6 Å². The number of nitro groups is 2. The Morgan fingerprint density at radius 1 is 0.463 bits per heavy atom. The summed E-state index contributed by atoms with van der Waals surface area (Å²) in [5, 5.41) is 30.6. The summed E-state index contributed by atoms with van der Waals surface area (Å²) in [4.78, 5) is 75.3. The molecule has 0 unspecified atom stereocenters. The number of nitro benzene ring substituents is 2. The third-order valence-electron chi connectivity index (χ3n) is 9.39. The average molecular weight is 717 g/mol. The van der Waals surface area contributed by atoms with Gasteiger partial charge in [0.1, 0.15) is 22.3 Å². The van der Waals surface area contributed by atoms with E-state index in [-0.39, 0.29) is 44.8 Å². The monoisotopic (exact) mass is 716 g/mol. The van der Waals surface area contributed by atoms with Crippen molar-refractivity contribution in [2.75, 3.05) is 10.6 Å². The van der Waals surface area contributed by atoms with Crippen molar-refractivity contribution in [3.8, 4) is 0 Å². The minimum absolute atomic E-state index is 0.00242. The van der Waals surface area contributed by atoms with Gasteiger partial charge in [0.2, 0.25) is 0 Å². The molecule has 14 heteroatoms. The second kappa shape index (κ2) is 11.8. The quantitative estimate of drug-likeness (QED) is 0.124. The van der Waals surface area contributed by atoms with Crippen LogP contribution in [-0.2, 0) is 0 Å². The number of amides is 2. The highest BCUT2D eigenvalue weighted by Gasteiger charge is 2.31. The van der Waals surface area contributed by atoms with Crippen molar-refractivity contribution in [3.63, 3.8) is 0 Å². The molecule has 0 radical (unpaired) electrons. The third-order valence-corrected chi connectivity index (χ3v) is 9.39. The zero-order valence-electron chi connectivity index (χ0n) is 27.4. The fourth-order valence-electron chi connectivity index (χ4n) is 6.75. The second-order valence-corrected chi connectivity index (χ2v) is 12.6. The van der Waals surface area contributed by atoms with E-state index < -0.39 is 33.2 Å². The van der Waals surface area contributed by atoms with Crippen molar-refractivity contribution in [1.29, 1.82) is 0 Å². The summed E-state index contributed by atoms with van der Waals surface area (Å²) in [6.45, 7) is 0. The van der Waals surface area contributed by atoms with Crippen LogP contribution in [0.2, 0.25) is 0 Å². The maximum Gasteiger partial charge on any atom is 0.273 e. The molecular formula is C40H20N4O10. The largest absolute Gasteiger partial charge is 0.456 e. The molecular weight excluding hydrogens is 696 g/mol. The molecule has 0 spiro atoms. The molecule has 54 heavy (non-hydrogen) atoms. The first-order valence-corrected chi connectivity index (χ1v) is 16.2. The number of anilines is 2. The van der Waals surface area contributed by atoms with Crippen molar-refractivity contribution >= 4 is 90.0 Å². The predicted molar refractivity (Wildman–Crippen MR) is 196 cm³/mol. The van der Waals surface area contributed by atoms with Crippen LogP contribution in [0.15, 0.2) is 118 Å². The van der Waals surface area contributed by atoms with E-state index in [1.54, 1.807) is 48.5 Å².